The Hall–Kier alpha value is -3.22. The summed E-state index contributed by atoms with van der Waals surface area (Å²) in [6.45, 7) is 0.557. The summed E-state index contributed by atoms with van der Waals surface area (Å²) in [5, 5.41) is 20.2. The van der Waals surface area contributed by atoms with Gasteiger partial charge in [-0.05, 0) is 30.9 Å². The van der Waals surface area contributed by atoms with E-state index in [-0.39, 0.29) is 23.1 Å². The van der Waals surface area contributed by atoms with E-state index in [1.54, 1.807) is 4.90 Å². The minimum atomic E-state index is -1.30. The molecule has 2 aromatic rings. The molecule has 1 atom stereocenters. The van der Waals surface area contributed by atoms with Crippen LogP contribution in [0.2, 0.25) is 0 Å². The molecule has 1 heterocycles. The van der Waals surface area contributed by atoms with Crippen molar-refractivity contribution in [2.75, 3.05) is 6.54 Å². The lowest BCUT2D eigenvalue weighted by Crippen LogP contribution is -2.37. The molecule has 3 rings (SSSR count). The van der Waals surface area contributed by atoms with Crippen molar-refractivity contribution < 1.29 is 19.6 Å². The Bertz CT molecular complexity index is 818. The van der Waals surface area contributed by atoms with Crippen LogP contribution in [0.25, 0.3) is 0 Å². The number of hydrogen-bond acceptors (Lipinski definition) is 4. The molecule has 1 unspecified atom stereocenters. The fourth-order valence-electron chi connectivity index (χ4n) is 3.33. The predicted molar refractivity (Wildman–Crippen MR) is 94.3 cm³/mol. The van der Waals surface area contributed by atoms with E-state index in [1.165, 1.54) is 6.07 Å². The molecule has 1 fully saturated rings. The van der Waals surface area contributed by atoms with Gasteiger partial charge in [0.2, 0.25) is 0 Å². The van der Waals surface area contributed by atoms with E-state index in [0.717, 1.165) is 30.5 Å². The third-order valence-corrected chi connectivity index (χ3v) is 4.57. The van der Waals surface area contributed by atoms with E-state index in [0.29, 0.717) is 13.0 Å². The zero-order valence-electron chi connectivity index (χ0n) is 14.0. The molecular formula is C19H18N2O5. The second kappa shape index (κ2) is 7.35. The lowest BCUT2D eigenvalue weighted by Gasteiger charge is -2.25. The maximum Gasteiger partial charge on any atom is 0.335 e. The van der Waals surface area contributed by atoms with E-state index in [9.17, 15) is 19.7 Å². The van der Waals surface area contributed by atoms with Crippen LogP contribution in [0.1, 0.15) is 39.1 Å². The smallest absolute Gasteiger partial charge is 0.335 e. The molecule has 0 bridgehead atoms. The first-order valence-electron chi connectivity index (χ1n) is 8.33. The quantitative estimate of drug-likeness (QED) is 0.656. The van der Waals surface area contributed by atoms with Crippen molar-refractivity contribution in [1.82, 2.24) is 4.90 Å². The fraction of sp³-hybridized carbons (Fsp3) is 0.263. The number of amides is 1. The number of carbonyl (C=O) groups is 2. The van der Waals surface area contributed by atoms with Gasteiger partial charge in [0, 0.05) is 30.3 Å². The van der Waals surface area contributed by atoms with Gasteiger partial charge in [0.15, 0.2) is 0 Å². The van der Waals surface area contributed by atoms with Crippen molar-refractivity contribution in [1.29, 1.82) is 0 Å². The standard InChI is InChI=1S/C19H18N2O5/c22-18(14-10-15(19(23)24)12-17(11-14)21(25)26)20-8-4-7-16(20)9-13-5-2-1-3-6-13/h1-3,5-6,10-12,16H,4,7-9H2,(H,23,24). The normalized spacial score (nSPS) is 16.5. The van der Waals surface area contributed by atoms with Gasteiger partial charge in [0.05, 0.1) is 10.5 Å². The molecule has 2 aromatic carbocycles. The van der Waals surface area contributed by atoms with Crippen molar-refractivity contribution >= 4 is 17.6 Å². The molecule has 1 aliphatic rings. The van der Waals surface area contributed by atoms with Crippen LogP contribution in [-0.4, -0.2) is 39.4 Å². The van der Waals surface area contributed by atoms with Crippen LogP contribution in [0.3, 0.4) is 0 Å². The molecule has 0 saturated carbocycles. The number of likely N-dealkylation sites (tertiary alicyclic amines) is 1. The van der Waals surface area contributed by atoms with Crippen LogP contribution in [0, 0.1) is 10.1 Å². The Morgan fingerprint density at radius 2 is 1.85 bits per heavy atom. The lowest BCUT2D eigenvalue weighted by molar-refractivity contribution is -0.384. The highest BCUT2D eigenvalue weighted by Gasteiger charge is 2.30. The molecular weight excluding hydrogens is 336 g/mol. The number of hydrogen-bond donors (Lipinski definition) is 1. The number of aromatic carboxylic acids is 1. The van der Waals surface area contributed by atoms with Gasteiger partial charge in [-0.2, -0.15) is 0 Å². The zero-order chi connectivity index (χ0) is 18.7. The monoisotopic (exact) mass is 354 g/mol. The van der Waals surface area contributed by atoms with Crippen molar-refractivity contribution in [3.05, 3.63) is 75.3 Å². The third-order valence-electron chi connectivity index (χ3n) is 4.57. The minimum absolute atomic E-state index is 0.00237. The number of carboxylic acids is 1. The topological polar surface area (TPSA) is 101 Å². The van der Waals surface area contributed by atoms with Crippen molar-refractivity contribution in [3.8, 4) is 0 Å². The first-order valence-corrected chi connectivity index (χ1v) is 8.33. The van der Waals surface area contributed by atoms with Crippen LogP contribution < -0.4 is 0 Å². The van der Waals surface area contributed by atoms with Gasteiger partial charge in [-0.15, -0.1) is 0 Å². The van der Waals surface area contributed by atoms with Crippen LogP contribution in [-0.2, 0) is 6.42 Å². The van der Waals surface area contributed by atoms with Gasteiger partial charge >= 0.3 is 5.97 Å². The zero-order valence-corrected chi connectivity index (χ0v) is 14.0. The number of carboxylic acid groups (broad SMARTS) is 1. The molecule has 1 saturated heterocycles. The summed E-state index contributed by atoms with van der Waals surface area (Å²) < 4.78 is 0. The highest BCUT2D eigenvalue weighted by molar-refractivity contribution is 5.98. The van der Waals surface area contributed by atoms with Crippen LogP contribution in [0.5, 0.6) is 0 Å². The van der Waals surface area contributed by atoms with Gasteiger partial charge in [-0.1, -0.05) is 30.3 Å². The van der Waals surface area contributed by atoms with E-state index in [4.69, 9.17) is 5.11 Å². The minimum Gasteiger partial charge on any atom is -0.478 e. The van der Waals surface area contributed by atoms with Crippen molar-refractivity contribution in [3.63, 3.8) is 0 Å². The van der Waals surface area contributed by atoms with Gasteiger partial charge in [-0.25, -0.2) is 4.79 Å². The summed E-state index contributed by atoms with van der Waals surface area (Å²) >= 11 is 0. The Morgan fingerprint density at radius 3 is 2.50 bits per heavy atom. The Labute approximate surface area is 150 Å². The number of nitrogens with zero attached hydrogens (tertiary/aromatic N) is 2. The fourth-order valence-corrected chi connectivity index (χ4v) is 3.33. The molecule has 26 heavy (non-hydrogen) atoms. The SMILES string of the molecule is O=C(O)c1cc(C(=O)N2CCCC2Cc2ccccc2)cc([N+](=O)[O-])c1. The molecule has 1 aliphatic heterocycles. The molecule has 1 N–H and O–H groups in total. The summed E-state index contributed by atoms with van der Waals surface area (Å²) in [5.41, 5.74) is 0.493. The molecule has 0 aliphatic carbocycles. The maximum atomic E-state index is 12.9. The first kappa shape index (κ1) is 17.6. The summed E-state index contributed by atoms with van der Waals surface area (Å²) in [6, 6.07) is 13.1. The van der Waals surface area contributed by atoms with E-state index in [2.05, 4.69) is 0 Å². The molecule has 0 radical (unpaired) electrons. The van der Waals surface area contributed by atoms with Crippen LogP contribution >= 0.6 is 0 Å². The average Bonchev–Trinajstić information content (AvgIpc) is 3.09. The van der Waals surface area contributed by atoms with Gasteiger partial charge in [0.25, 0.3) is 11.6 Å². The Kier molecular flexibility index (Phi) is 4.97. The van der Waals surface area contributed by atoms with Crippen molar-refractivity contribution in [2.24, 2.45) is 0 Å². The molecule has 7 nitrogen and oxygen atoms in total. The van der Waals surface area contributed by atoms with Gasteiger partial charge < -0.3 is 10.0 Å². The molecule has 0 aromatic heterocycles. The summed E-state index contributed by atoms with van der Waals surface area (Å²) in [4.78, 5) is 36.2. The van der Waals surface area contributed by atoms with Crippen LogP contribution in [0.4, 0.5) is 5.69 Å². The second-order valence-electron chi connectivity index (χ2n) is 6.32. The number of rotatable bonds is 5. The van der Waals surface area contributed by atoms with E-state index >= 15 is 0 Å². The summed E-state index contributed by atoms with van der Waals surface area (Å²) in [6.07, 6.45) is 2.40. The van der Waals surface area contributed by atoms with E-state index in [1.807, 2.05) is 30.3 Å². The van der Waals surface area contributed by atoms with E-state index < -0.39 is 16.6 Å². The Morgan fingerprint density at radius 1 is 1.15 bits per heavy atom. The number of nitro benzene ring substituents is 1. The lowest BCUT2D eigenvalue weighted by atomic mass is 10.0. The Balaban J connectivity index is 1.87. The maximum absolute atomic E-state index is 12.9. The second-order valence-corrected chi connectivity index (χ2v) is 6.32. The summed E-state index contributed by atoms with van der Waals surface area (Å²) in [5.74, 6) is -1.67. The summed E-state index contributed by atoms with van der Waals surface area (Å²) in [7, 11) is 0. The molecule has 0 spiro atoms. The highest BCUT2D eigenvalue weighted by Crippen LogP contribution is 2.25. The van der Waals surface area contributed by atoms with Gasteiger partial charge in [-0.3, -0.25) is 14.9 Å². The highest BCUT2D eigenvalue weighted by atomic mass is 16.6. The third kappa shape index (κ3) is 3.72. The molecule has 134 valence electrons. The molecule has 1 amide bonds. The largest absolute Gasteiger partial charge is 0.478 e. The van der Waals surface area contributed by atoms with Crippen molar-refractivity contribution in [2.45, 2.75) is 25.3 Å². The predicted octanol–water partition coefficient (Wildman–Crippen LogP) is 3.14. The number of non-ortho nitro benzene ring substituents is 1. The number of carbonyl (C=O) groups excluding carboxylic acids is 1. The van der Waals surface area contributed by atoms with Crippen LogP contribution in [0.15, 0.2) is 48.5 Å². The number of benzene rings is 2. The number of nitro groups is 1. The molecule has 7 heteroatoms. The van der Waals surface area contributed by atoms with Gasteiger partial charge in [0.1, 0.15) is 0 Å². The average molecular weight is 354 g/mol. The first-order chi connectivity index (χ1) is 12.5.